The Labute approximate surface area is 162 Å². The summed E-state index contributed by atoms with van der Waals surface area (Å²) in [7, 11) is 1.68. The van der Waals surface area contributed by atoms with E-state index in [9.17, 15) is 4.79 Å². The lowest BCUT2D eigenvalue weighted by atomic mass is 10.1. The highest BCUT2D eigenvalue weighted by Crippen LogP contribution is 2.23. The molecule has 1 heterocycles. The van der Waals surface area contributed by atoms with Crippen molar-refractivity contribution in [3.05, 3.63) is 54.1 Å². The lowest BCUT2D eigenvalue weighted by Gasteiger charge is -2.36. The van der Waals surface area contributed by atoms with Gasteiger partial charge in [-0.05, 0) is 50.2 Å². The lowest BCUT2D eigenvalue weighted by Crippen LogP contribution is -2.48. The first kappa shape index (κ1) is 19.1. The molecule has 0 aromatic heterocycles. The highest BCUT2D eigenvalue weighted by Gasteiger charge is 2.22. The largest absolute Gasteiger partial charge is 0.497 e. The van der Waals surface area contributed by atoms with E-state index in [1.807, 2.05) is 47.4 Å². The van der Waals surface area contributed by atoms with Crippen molar-refractivity contribution in [1.82, 2.24) is 4.90 Å². The third-order valence-electron chi connectivity index (χ3n) is 5.23. The maximum atomic E-state index is 12.8. The van der Waals surface area contributed by atoms with Gasteiger partial charge in [-0.15, -0.1) is 0 Å². The normalized spacial score (nSPS) is 14.2. The molecule has 1 fully saturated rings. The molecule has 0 saturated carbocycles. The molecule has 0 N–H and O–H groups in total. The van der Waals surface area contributed by atoms with Crippen LogP contribution in [0.15, 0.2) is 48.5 Å². The minimum atomic E-state index is 0.117. The molecule has 1 aliphatic rings. The van der Waals surface area contributed by atoms with Gasteiger partial charge in [0.05, 0.1) is 7.11 Å². The molecule has 3 rings (SSSR count). The van der Waals surface area contributed by atoms with Crippen LogP contribution in [0.3, 0.4) is 0 Å². The number of carbonyl (C=O) groups is 1. The molecule has 5 nitrogen and oxygen atoms in total. The zero-order chi connectivity index (χ0) is 19.2. The Morgan fingerprint density at radius 2 is 1.67 bits per heavy atom. The van der Waals surface area contributed by atoms with Crippen molar-refractivity contribution in [3.63, 3.8) is 0 Å². The Kier molecular flexibility index (Phi) is 6.22. The number of carbonyl (C=O) groups excluding carboxylic acids is 1. The Balaban J connectivity index is 1.61. The molecular weight excluding hydrogens is 338 g/mol. The van der Waals surface area contributed by atoms with Crippen molar-refractivity contribution in [3.8, 4) is 5.75 Å². The van der Waals surface area contributed by atoms with Gasteiger partial charge in [0.1, 0.15) is 5.75 Å². The first-order valence-corrected chi connectivity index (χ1v) is 9.69. The standard InChI is InChI=1S/C22H29N3O2/c1-4-23(5-2)19-11-9-18(10-12-19)22(26)25-15-13-24(14-16-25)20-7-6-8-21(17-20)27-3/h6-12,17H,4-5,13-16H2,1-3H3. The average Bonchev–Trinajstić information content (AvgIpc) is 2.75. The van der Waals surface area contributed by atoms with Crippen LogP contribution in [-0.2, 0) is 0 Å². The maximum absolute atomic E-state index is 12.8. The van der Waals surface area contributed by atoms with Crippen LogP contribution in [0, 0.1) is 0 Å². The summed E-state index contributed by atoms with van der Waals surface area (Å²) in [6.07, 6.45) is 0. The van der Waals surface area contributed by atoms with Gasteiger partial charge in [0.2, 0.25) is 0 Å². The van der Waals surface area contributed by atoms with Crippen LogP contribution in [0.1, 0.15) is 24.2 Å². The van der Waals surface area contributed by atoms with Gasteiger partial charge < -0.3 is 19.4 Å². The molecule has 0 radical (unpaired) electrons. The molecule has 27 heavy (non-hydrogen) atoms. The van der Waals surface area contributed by atoms with E-state index in [4.69, 9.17) is 4.74 Å². The summed E-state index contributed by atoms with van der Waals surface area (Å²) in [5.74, 6) is 0.977. The van der Waals surface area contributed by atoms with Gasteiger partial charge in [-0.1, -0.05) is 6.07 Å². The van der Waals surface area contributed by atoms with Crippen molar-refractivity contribution in [2.75, 3.05) is 56.2 Å². The zero-order valence-corrected chi connectivity index (χ0v) is 16.5. The molecule has 1 saturated heterocycles. The van der Waals surface area contributed by atoms with Crippen LogP contribution in [-0.4, -0.2) is 57.2 Å². The Morgan fingerprint density at radius 1 is 1.00 bits per heavy atom. The summed E-state index contributed by atoms with van der Waals surface area (Å²) in [5.41, 5.74) is 3.07. The van der Waals surface area contributed by atoms with Crippen LogP contribution in [0.4, 0.5) is 11.4 Å². The fraction of sp³-hybridized carbons (Fsp3) is 0.409. The van der Waals surface area contributed by atoms with E-state index < -0.39 is 0 Å². The number of anilines is 2. The summed E-state index contributed by atoms with van der Waals surface area (Å²) in [5, 5.41) is 0. The van der Waals surface area contributed by atoms with Crippen LogP contribution in [0.5, 0.6) is 5.75 Å². The highest BCUT2D eigenvalue weighted by molar-refractivity contribution is 5.94. The smallest absolute Gasteiger partial charge is 0.253 e. The zero-order valence-electron chi connectivity index (χ0n) is 16.5. The summed E-state index contributed by atoms with van der Waals surface area (Å²) in [4.78, 5) is 19.4. The van der Waals surface area contributed by atoms with Gasteiger partial charge in [0.15, 0.2) is 0 Å². The predicted molar refractivity (Wildman–Crippen MR) is 111 cm³/mol. The van der Waals surface area contributed by atoms with Gasteiger partial charge in [0, 0.05) is 62.3 Å². The quantitative estimate of drug-likeness (QED) is 0.783. The van der Waals surface area contributed by atoms with E-state index >= 15 is 0 Å². The monoisotopic (exact) mass is 367 g/mol. The number of piperazine rings is 1. The van der Waals surface area contributed by atoms with E-state index in [-0.39, 0.29) is 5.91 Å². The van der Waals surface area contributed by atoms with Crippen LogP contribution >= 0.6 is 0 Å². The fourth-order valence-electron chi connectivity index (χ4n) is 3.56. The molecular formula is C22H29N3O2. The highest BCUT2D eigenvalue weighted by atomic mass is 16.5. The Bertz CT molecular complexity index is 748. The summed E-state index contributed by atoms with van der Waals surface area (Å²) >= 11 is 0. The molecule has 0 spiro atoms. The second-order valence-electron chi connectivity index (χ2n) is 6.70. The number of amides is 1. The van der Waals surface area contributed by atoms with E-state index in [0.717, 1.165) is 56.3 Å². The maximum Gasteiger partial charge on any atom is 0.253 e. The number of methoxy groups -OCH3 is 1. The van der Waals surface area contributed by atoms with Crippen molar-refractivity contribution >= 4 is 17.3 Å². The molecule has 5 heteroatoms. The Morgan fingerprint density at radius 3 is 2.26 bits per heavy atom. The first-order chi connectivity index (χ1) is 13.2. The minimum Gasteiger partial charge on any atom is -0.497 e. The van der Waals surface area contributed by atoms with Crippen molar-refractivity contribution in [1.29, 1.82) is 0 Å². The summed E-state index contributed by atoms with van der Waals surface area (Å²) < 4.78 is 5.31. The van der Waals surface area contributed by atoms with Gasteiger partial charge >= 0.3 is 0 Å². The molecule has 2 aromatic rings. The summed E-state index contributed by atoms with van der Waals surface area (Å²) in [6.45, 7) is 9.34. The second kappa shape index (κ2) is 8.80. The Hall–Kier alpha value is -2.69. The second-order valence-corrected chi connectivity index (χ2v) is 6.70. The number of ether oxygens (including phenoxy) is 1. The summed E-state index contributed by atoms with van der Waals surface area (Å²) in [6, 6.07) is 16.1. The predicted octanol–water partition coefficient (Wildman–Crippen LogP) is 3.50. The number of rotatable bonds is 6. The van der Waals surface area contributed by atoms with Crippen LogP contribution in [0.2, 0.25) is 0 Å². The van der Waals surface area contributed by atoms with E-state index in [0.29, 0.717) is 0 Å². The SMILES string of the molecule is CCN(CC)c1ccc(C(=O)N2CCN(c3cccc(OC)c3)CC2)cc1. The van der Waals surface area contributed by atoms with E-state index in [2.05, 4.69) is 29.7 Å². The topological polar surface area (TPSA) is 36.0 Å². The average molecular weight is 367 g/mol. The van der Waals surface area contributed by atoms with E-state index in [1.54, 1.807) is 7.11 Å². The molecule has 1 aliphatic heterocycles. The van der Waals surface area contributed by atoms with Gasteiger partial charge in [-0.25, -0.2) is 0 Å². The molecule has 144 valence electrons. The van der Waals surface area contributed by atoms with Gasteiger partial charge in [0.25, 0.3) is 5.91 Å². The van der Waals surface area contributed by atoms with Crippen LogP contribution < -0.4 is 14.5 Å². The van der Waals surface area contributed by atoms with Gasteiger partial charge in [-0.2, -0.15) is 0 Å². The third-order valence-corrected chi connectivity index (χ3v) is 5.23. The van der Waals surface area contributed by atoms with Gasteiger partial charge in [-0.3, -0.25) is 4.79 Å². The van der Waals surface area contributed by atoms with Crippen molar-refractivity contribution in [2.45, 2.75) is 13.8 Å². The van der Waals surface area contributed by atoms with Crippen LogP contribution in [0.25, 0.3) is 0 Å². The number of benzene rings is 2. The minimum absolute atomic E-state index is 0.117. The number of hydrogen-bond donors (Lipinski definition) is 0. The first-order valence-electron chi connectivity index (χ1n) is 9.69. The molecule has 0 aliphatic carbocycles. The molecule has 2 aromatic carbocycles. The third kappa shape index (κ3) is 4.35. The number of nitrogens with zero attached hydrogens (tertiary/aromatic N) is 3. The molecule has 0 bridgehead atoms. The fourth-order valence-corrected chi connectivity index (χ4v) is 3.56. The van der Waals surface area contributed by atoms with Crippen molar-refractivity contribution in [2.24, 2.45) is 0 Å². The van der Waals surface area contributed by atoms with Crippen molar-refractivity contribution < 1.29 is 9.53 Å². The molecule has 0 unspecified atom stereocenters. The lowest BCUT2D eigenvalue weighted by molar-refractivity contribution is 0.0747. The van der Waals surface area contributed by atoms with E-state index in [1.165, 1.54) is 5.69 Å². The molecule has 1 amide bonds. The number of hydrogen-bond acceptors (Lipinski definition) is 4. The molecule has 0 atom stereocenters.